The van der Waals surface area contributed by atoms with Crippen LogP contribution in [0.4, 0.5) is 0 Å². The Hall–Kier alpha value is -2.41. The van der Waals surface area contributed by atoms with E-state index in [0.29, 0.717) is 0 Å². The number of pyridine rings is 1. The summed E-state index contributed by atoms with van der Waals surface area (Å²) in [6.07, 6.45) is 5.06. The molecular weight excluding hydrogens is 254 g/mol. The minimum Gasteiger partial charge on any atom is -0.261 e. The monoisotopic (exact) mass is 271 g/mol. The molecule has 1 nitrogen and oxygen atoms in total. The second kappa shape index (κ2) is 5.17. The maximum Gasteiger partial charge on any atom is 0.0485 e. The first-order valence-electron chi connectivity index (χ1n) is 7.50. The third-order valence-electron chi connectivity index (χ3n) is 4.23. The molecular formula is C20H17N. The van der Waals surface area contributed by atoms with Gasteiger partial charge in [-0.25, -0.2) is 0 Å². The number of fused-ring (bicyclic) bond motifs is 3. The summed E-state index contributed by atoms with van der Waals surface area (Å²) in [6.45, 7) is 0. The Balaban J connectivity index is 1.70. The summed E-state index contributed by atoms with van der Waals surface area (Å²) in [5.74, 6) is 0. The summed E-state index contributed by atoms with van der Waals surface area (Å²) in [7, 11) is 0. The Morgan fingerprint density at radius 3 is 2.57 bits per heavy atom. The lowest BCUT2D eigenvalue weighted by Gasteiger charge is -2.19. The lowest BCUT2D eigenvalue weighted by atomic mass is 9.87. The van der Waals surface area contributed by atoms with Crippen LogP contribution in [0.1, 0.15) is 22.4 Å². The fourth-order valence-corrected chi connectivity index (χ4v) is 3.19. The smallest absolute Gasteiger partial charge is 0.0485 e. The first kappa shape index (κ1) is 12.3. The molecule has 1 heteroatoms. The lowest BCUT2D eigenvalue weighted by Crippen LogP contribution is -2.06. The summed E-state index contributed by atoms with van der Waals surface area (Å²) < 4.78 is 0. The summed E-state index contributed by atoms with van der Waals surface area (Å²) in [6, 6.07) is 21.8. The van der Waals surface area contributed by atoms with Crippen molar-refractivity contribution in [2.75, 3.05) is 0 Å². The molecule has 3 aromatic rings. The normalized spacial score (nSPS) is 12.6. The highest BCUT2D eigenvalue weighted by atomic mass is 14.7. The van der Waals surface area contributed by atoms with Crippen molar-refractivity contribution in [1.82, 2.24) is 4.98 Å². The van der Waals surface area contributed by atoms with E-state index in [4.69, 9.17) is 0 Å². The maximum absolute atomic E-state index is 4.51. The molecule has 1 aliphatic carbocycles. The second-order valence-electron chi connectivity index (χ2n) is 5.65. The predicted molar refractivity (Wildman–Crippen MR) is 86.3 cm³/mol. The van der Waals surface area contributed by atoms with Crippen molar-refractivity contribution in [3.63, 3.8) is 0 Å². The zero-order valence-corrected chi connectivity index (χ0v) is 11.9. The van der Waals surface area contributed by atoms with Gasteiger partial charge in [0, 0.05) is 17.5 Å². The van der Waals surface area contributed by atoms with Gasteiger partial charge in [0.05, 0.1) is 0 Å². The fourth-order valence-electron chi connectivity index (χ4n) is 3.19. The predicted octanol–water partition coefficient (Wildman–Crippen LogP) is 4.44. The van der Waals surface area contributed by atoms with Gasteiger partial charge in [-0.05, 0) is 47.6 Å². The van der Waals surface area contributed by atoms with Crippen LogP contribution in [0.2, 0.25) is 0 Å². The Morgan fingerprint density at radius 2 is 1.67 bits per heavy atom. The van der Waals surface area contributed by atoms with Crippen LogP contribution < -0.4 is 0 Å². The largest absolute Gasteiger partial charge is 0.261 e. The van der Waals surface area contributed by atoms with Crippen LogP contribution in [0.3, 0.4) is 0 Å². The molecule has 0 aliphatic heterocycles. The number of hydrogen-bond acceptors (Lipinski definition) is 1. The van der Waals surface area contributed by atoms with Gasteiger partial charge in [0.15, 0.2) is 0 Å². The Morgan fingerprint density at radius 1 is 0.762 bits per heavy atom. The fraction of sp³-hybridized carbons (Fsp3) is 0.150. The number of hydrogen-bond donors (Lipinski definition) is 0. The number of rotatable bonds is 2. The van der Waals surface area contributed by atoms with Gasteiger partial charge < -0.3 is 0 Å². The van der Waals surface area contributed by atoms with E-state index in [1.54, 1.807) is 0 Å². The molecule has 0 radical (unpaired) electrons. The van der Waals surface area contributed by atoms with E-state index in [2.05, 4.69) is 59.6 Å². The van der Waals surface area contributed by atoms with E-state index >= 15 is 0 Å². The molecule has 1 aromatic heterocycles. The molecule has 0 unspecified atom stereocenters. The minimum atomic E-state index is 1.01. The average Bonchev–Trinajstić information content (AvgIpc) is 2.55. The SMILES string of the molecule is c1ccc(Cc2ccc3c(c2)CCc2ncccc2-3)cc1. The molecule has 0 spiro atoms. The van der Waals surface area contributed by atoms with E-state index in [0.717, 1.165) is 19.3 Å². The summed E-state index contributed by atoms with van der Waals surface area (Å²) in [4.78, 5) is 4.51. The average molecular weight is 271 g/mol. The standard InChI is InChI=1S/C20H17N/c1-2-5-15(6-3-1)13-16-8-10-18-17(14-16)9-11-20-19(18)7-4-12-21-20/h1-8,10,12,14H,9,11,13H2. The molecule has 0 fully saturated rings. The van der Waals surface area contributed by atoms with E-state index < -0.39 is 0 Å². The van der Waals surface area contributed by atoms with Gasteiger partial charge in [-0.3, -0.25) is 4.98 Å². The first-order valence-corrected chi connectivity index (χ1v) is 7.50. The van der Waals surface area contributed by atoms with Crippen molar-refractivity contribution >= 4 is 0 Å². The van der Waals surface area contributed by atoms with Gasteiger partial charge >= 0.3 is 0 Å². The third kappa shape index (κ3) is 2.36. The highest BCUT2D eigenvalue weighted by molar-refractivity contribution is 5.72. The zero-order chi connectivity index (χ0) is 14.1. The van der Waals surface area contributed by atoms with Gasteiger partial charge in [-0.15, -0.1) is 0 Å². The van der Waals surface area contributed by atoms with Gasteiger partial charge in [0.25, 0.3) is 0 Å². The summed E-state index contributed by atoms with van der Waals surface area (Å²) in [5.41, 5.74) is 8.14. The Kier molecular flexibility index (Phi) is 3.04. The highest BCUT2D eigenvalue weighted by Gasteiger charge is 2.16. The molecule has 4 rings (SSSR count). The van der Waals surface area contributed by atoms with Gasteiger partial charge in [-0.2, -0.15) is 0 Å². The van der Waals surface area contributed by atoms with Crippen LogP contribution >= 0.6 is 0 Å². The quantitative estimate of drug-likeness (QED) is 0.671. The maximum atomic E-state index is 4.51. The molecule has 21 heavy (non-hydrogen) atoms. The summed E-state index contributed by atoms with van der Waals surface area (Å²) >= 11 is 0. The van der Waals surface area contributed by atoms with E-state index in [-0.39, 0.29) is 0 Å². The first-order chi connectivity index (χ1) is 10.4. The molecule has 2 aromatic carbocycles. The van der Waals surface area contributed by atoms with Crippen LogP contribution in [-0.4, -0.2) is 4.98 Å². The van der Waals surface area contributed by atoms with E-state index in [1.165, 1.54) is 33.5 Å². The molecule has 0 bridgehead atoms. The number of nitrogens with zero attached hydrogens (tertiary/aromatic N) is 1. The van der Waals surface area contributed by atoms with Crippen LogP contribution in [0.5, 0.6) is 0 Å². The number of aryl methyl sites for hydroxylation is 2. The van der Waals surface area contributed by atoms with E-state index in [9.17, 15) is 0 Å². The second-order valence-corrected chi connectivity index (χ2v) is 5.65. The Labute approximate surface area is 125 Å². The molecule has 1 heterocycles. The highest BCUT2D eigenvalue weighted by Crippen LogP contribution is 2.33. The Bertz CT molecular complexity index is 775. The van der Waals surface area contributed by atoms with Crippen LogP contribution in [0, 0.1) is 0 Å². The van der Waals surface area contributed by atoms with Crippen LogP contribution in [-0.2, 0) is 19.3 Å². The van der Waals surface area contributed by atoms with Crippen molar-refractivity contribution in [2.45, 2.75) is 19.3 Å². The number of benzene rings is 2. The minimum absolute atomic E-state index is 1.01. The molecule has 0 atom stereocenters. The van der Waals surface area contributed by atoms with Crippen molar-refractivity contribution in [3.8, 4) is 11.1 Å². The van der Waals surface area contributed by atoms with Crippen molar-refractivity contribution in [3.05, 3.63) is 89.2 Å². The van der Waals surface area contributed by atoms with Gasteiger partial charge in [0.1, 0.15) is 0 Å². The molecule has 1 aliphatic rings. The zero-order valence-electron chi connectivity index (χ0n) is 11.9. The molecule has 0 saturated heterocycles. The topological polar surface area (TPSA) is 12.9 Å². The molecule has 102 valence electrons. The van der Waals surface area contributed by atoms with Crippen molar-refractivity contribution in [2.24, 2.45) is 0 Å². The lowest BCUT2D eigenvalue weighted by molar-refractivity contribution is 0.893. The molecule has 0 saturated carbocycles. The van der Waals surface area contributed by atoms with Crippen LogP contribution in [0.15, 0.2) is 66.9 Å². The summed E-state index contributed by atoms with van der Waals surface area (Å²) in [5, 5.41) is 0. The van der Waals surface area contributed by atoms with Crippen molar-refractivity contribution in [1.29, 1.82) is 0 Å². The number of aromatic nitrogens is 1. The van der Waals surface area contributed by atoms with E-state index in [1.807, 2.05) is 12.3 Å². The van der Waals surface area contributed by atoms with Crippen molar-refractivity contribution < 1.29 is 0 Å². The third-order valence-corrected chi connectivity index (χ3v) is 4.23. The molecule has 0 amide bonds. The molecule has 0 N–H and O–H groups in total. The van der Waals surface area contributed by atoms with Gasteiger partial charge in [-0.1, -0.05) is 54.6 Å². The van der Waals surface area contributed by atoms with Crippen LogP contribution in [0.25, 0.3) is 11.1 Å². The van der Waals surface area contributed by atoms with Gasteiger partial charge in [0.2, 0.25) is 0 Å².